The number of carbonyl (C=O) groups is 1. The van der Waals surface area contributed by atoms with Crippen molar-refractivity contribution in [1.29, 1.82) is 0 Å². The molecule has 0 aliphatic carbocycles. The summed E-state index contributed by atoms with van der Waals surface area (Å²) in [6, 6.07) is 9.20. The Kier molecular flexibility index (Phi) is 3.92. The molecule has 0 aliphatic rings. The summed E-state index contributed by atoms with van der Waals surface area (Å²) in [5, 5.41) is 2.88. The number of aromatic nitrogens is 1. The van der Waals surface area contributed by atoms with E-state index in [1.165, 1.54) is 0 Å². The Balaban J connectivity index is 2.24. The summed E-state index contributed by atoms with van der Waals surface area (Å²) in [6.07, 6.45) is 3.27. The third-order valence-corrected chi connectivity index (χ3v) is 2.84. The van der Waals surface area contributed by atoms with E-state index < -0.39 is 0 Å². The van der Waals surface area contributed by atoms with E-state index in [0.29, 0.717) is 5.56 Å². The number of aryl methyl sites for hydroxylation is 1. The number of anilines is 1. The van der Waals surface area contributed by atoms with E-state index in [0.717, 1.165) is 16.8 Å². The summed E-state index contributed by atoms with van der Waals surface area (Å²) >= 11 is 0. The van der Waals surface area contributed by atoms with E-state index in [9.17, 15) is 4.79 Å². The SMILES string of the molecule is Cc1cncc(C(=O)Nc2ccccc2C(C)N)c1. The van der Waals surface area contributed by atoms with Crippen LogP contribution in [0.25, 0.3) is 0 Å². The van der Waals surface area contributed by atoms with Gasteiger partial charge in [0, 0.05) is 24.1 Å². The van der Waals surface area contributed by atoms with Crippen LogP contribution in [0.4, 0.5) is 5.69 Å². The highest BCUT2D eigenvalue weighted by Gasteiger charge is 2.11. The average Bonchev–Trinajstić information content (AvgIpc) is 2.39. The lowest BCUT2D eigenvalue weighted by atomic mass is 10.1. The van der Waals surface area contributed by atoms with E-state index in [-0.39, 0.29) is 11.9 Å². The number of pyridine rings is 1. The number of nitrogens with one attached hydrogen (secondary N) is 1. The van der Waals surface area contributed by atoms with Crippen LogP contribution in [-0.4, -0.2) is 10.9 Å². The fraction of sp³-hybridized carbons (Fsp3) is 0.200. The van der Waals surface area contributed by atoms with Gasteiger partial charge in [-0.25, -0.2) is 0 Å². The Morgan fingerprint density at radius 2 is 2.05 bits per heavy atom. The Hall–Kier alpha value is -2.20. The monoisotopic (exact) mass is 255 g/mol. The lowest BCUT2D eigenvalue weighted by Gasteiger charge is -2.13. The first-order valence-corrected chi connectivity index (χ1v) is 6.15. The van der Waals surface area contributed by atoms with Crippen LogP contribution in [-0.2, 0) is 0 Å². The highest BCUT2D eigenvalue weighted by molar-refractivity contribution is 6.04. The first kappa shape index (κ1) is 13.2. The molecule has 1 aromatic carbocycles. The fourth-order valence-corrected chi connectivity index (χ4v) is 1.88. The molecule has 4 nitrogen and oxygen atoms in total. The van der Waals surface area contributed by atoms with Crippen molar-refractivity contribution < 1.29 is 4.79 Å². The molecule has 0 saturated heterocycles. The molecular formula is C15H17N3O. The molecule has 1 unspecified atom stereocenters. The van der Waals surface area contributed by atoms with Crippen LogP contribution >= 0.6 is 0 Å². The Morgan fingerprint density at radius 3 is 2.74 bits per heavy atom. The van der Waals surface area contributed by atoms with E-state index in [2.05, 4.69) is 10.3 Å². The second-order valence-electron chi connectivity index (χ2n) is 4.58. The van der Waals surface area contributed by atoms with Gasteiger partial charge in [0.05, 0.1) is 5.56 Å². The molecule has 2 aromatic rings. The van der Waals surface area contributed by atoms with Crippen LogP contribution in [0, 0.1) is 6.92 Å². The number of carbonyl (C=O) groups excluding carboxylic acids is 1. The lowest BCUT2D eigenvalue weighted by molar-refractivity contribution is 0.102. The highest BCUT2D eigenvalue weighted by Crippen LogP contribution is 2.21. The lowest BCUT2D eigenvalue weighted by Crippen LogP contribution is -2.16. The first-order valence-electron chi connectivity index (χ1n) is 6.15. The molecule has 19 heavy (non-hydrogen) atoms. The molecule has 0 bridgehead atoms. The minimum atomic E-state index is -0.177. The normalized spacial score (nSPS) is 11.9. The number of nitrogens with zero attached hydrogens (tertiary/aromatic N) is 1. The number of para-hydroxylation sites is 1. The van der Waals surface area contributed by atoms with Crippen molar-refractivity contribution in [2.75, 3.05) is 5.32 Å². The van der Waals surface area contributed by atoms with Gasteiger partial charge in [-0.15, -0.1) is 0 Å². The molecule has 2 rings (SSSR count). The minimum absolute atomic E-state index is 0.132. The number of hydrogen-bond donors (Lipinski definition) is 2. The number of nitrogens with two attached hydrogens (primary N) is 1. The quantitative estimate of drug-likeness (QED) is 0.886. The summed E-state index contributed by atoms with van der Waals surface area (Å²) in [5.74, 6) is -0.177. The smallest absolute Gasteiger partial charge is 0.257 e. The van der Waals surface area contributed by atoms with Crippen molar-refractivity contribution in [2.45, 2.75) is 19.9 Å². The van der Waals surface area contributed by atoms with Crippen molar-refractivity contribution in [1.82, 2.24) is 4.98 Å². The molecule has 1 atom stereocenters. The maximum atomic E-state index is 12.1. The van der Waals surface area contributed by atoms with Gasteiger partial charge in [0.1, 0.15) is 0 Å². The van der Waals surface area contributed by atoms with Crippen molar-refractivity contribution in [3.63, 3.8) is 0 Å². The number of amides is 1. The van der Waals surface area contributed by atoms with Gasteiger partial charge in [-0.3, -0.25) is 9.78 Å². The largest absolute Gasteiger partial charge is 0.324 e. The van der Waals surface area contributed by atoms with E-state index in [4.69, 9.17) is 5.73 Å². The van der Waals surface area contributed by atoms with Crippen LogP contribution < -0.4 is 11.1 Å². The highest BCUT2D eigenvalue weighted by atomic mass is 16.1. The van der Waals surface area contributed by atoms with Gasteiger partial charge in [-0.1, -0.05) is 18.2 Å². The number of benzene rings is 1. The molecule has 98 valence electrons. The molecule has 3 N–H and O–H groups in total. The Bertz CT molecular complexity index is 593. The van der Waals surface area contributed by atoms with Gasteiger partial charge in [-0.2, -0.15) is 0 Å². The third kappa shape index (κ3) is 3.17. The maximum absolute atomic E-state index is 12.1. The Labute approximate surface area is 112 Å². The van der Waals surface area contributed by atoms with Gasteiger partial charge in [0.25, 0.3) is 5.91 Å². The number of rotatable bonds is 3. The summed E-state index contributed by atoms with van der Waals surface area (Å²) in [5.41, 5.74) is 9.04. The average molecular weight is 255 g/mol. The molecule has 1 amide bonds. The molecule has 0 aliphatic heterocycles. The van der Waals surface area contributed by atoms with Gasteiger partial charge < -0.3 is 11.1 Å². The Morgan fingerprint density at radius 1 is 1.32 bits per heavy atom. The van der Waals surface area contributed by atoms with Crippen LogP contribution in [0.1, 0.15) is 34.5 Å². The molecule has 0 fully saturated rings. The van der Waals surface area contributed by atoms with Gasteiger partial charge in [0.2, 0.25) is 0 Å². The minimum Gasteiger partial charge on any atom is -0.324 e. The zero-order chi connectivity index (χ0) is 13.8. The molecule has 1 aromatic heterocycles. The molecule has 0 radical (unpaired) electrons. The van der Waals surface area contributed by atoms with Crippen molar-refractivity contribution in [3.8, 4) is 0 Å². The summed E-state index contributed by atoms with van der Waals surface area (Å²) < 4.78 is 0. The van der Waals surface area contributed by atoms with E-state index >= 15 is 0 Å². The summed E-state index contributed by atoms with van der Waals surface area (Å²) in [4.78, 5) is 16.2. The molecule has 4 heteroatoms. The van der Waals surface area contributed by atoms with Crippen LogP contribution in [0.15, 0.2) is 42.7 Å². The number of hydrogen-bond acceptors (Lipinski definition) is 3. The van der Waals surface area contributed by atoms with E-state index in [1.807, 2.05) is 38.1 Å². The predicted octanol–water partition coefficient (Wildman–Crippen LogP) is 2.66. The van der Waals surface area contributed by atoms with Crippen LogP contribution in [0.3, 0.4) is 0 Å². The third-order valence-electron chi connectivity index (χ3n) is 2.84. The second-order valence-corrected chi connectivity index (χ2v) is 4.58. The van der Waals surface area contributed by atoms with Crippen molar-refractivity contribution >= 4 is 11.6 Å². The molecule has 0 saturated carbocycles. The topological polar surface area (TPSA) is 68.0 Å². The fourth-order valence-electron chi connectivity index (χ4n) is 1.88. The first-order chi connectivity index (χ1) is 9.08. The summed E-state index contributed by atoms with van der Waals surface area (Å²) in [7, 11) is 0. The zero-order valence-corrected chi connectivity index (χ0v) is 11.1. The molecular weight excluding hydrogens is 238 g/mol. The van der Waals surface area contributed by atoms with Crippen LogP contribution in [0.2, 0.25) is 0 Å². The van der Waals surface area contributed by atoms with Crippen LogP contribution in [0.5, 0.6) is 0 Å². The van der Waals surface area contributed by atoms with Crippen molar-refractivity contribution in [2.24, 2.45) is 5.73 Å². The van der Waals surface area contributed by atoms with E-state index in [1.54, 1.807) is 18.5 Å². The standard InChI is InChI=1S/C15H17N3O/c1-10-7-12(9-17-8-10)15(19)18-14-6-4-3-5-13(14)11(2)16/h3-9,11H,16H2,1-2H3,(H,18,19). The second kappa shape index (κ2) is 5.63. The molecule has 0 spiro atoms. The van der Waals surface area contributed by atoms with Gasteiger partial charge in [0.15, 0.2) is 0 Å². The van der Waals surface area contributed by atoms with Gasteiger partial charge in [-0.05, 0) is 37.1 Å². The summed E-state index contributed by atoms with van der Waals surface area (Å²) in [6.45, 7) is 3.79. The van der Waals surface area contributed by atoms with Gasteiger partial charge >= 0.3 is 0 Å². The zero-order valence-electron chi connectivity index (χ0n) is 11.1. The molecule has 1 heterocycles. The maximum Gasteiger partial charge on any atom is 0.257 e. The predicted molar refractivity (Wildman–Crippen MR) is 76.0 cm³/mol. The van der Waals surface area contributed by atoms with Crippen molar-refractivity contribution in [3.05, 3.63) is 59.4 Å².